The normalized spacial score (nSPS) is 11.6. The zero-order chi connectivity index (χ0) is 12.3. The van der Waals surface area contributed by atoms with Crippen LogP contribution in [0, 0.1) is 13.8 Å². The molecule has 0 aliphatic heterocycles. The standard InChI is InChI=1S/C14H24BN/c1-10(2)16(11(3)4)15-14-8-7-12(5)13(6)9-14/h7-11,15H,1-6H3. The van der Waals surface area contributed by atoms with Gasteiger partial charge in [-0.3, -0.25) is 0 Å². The summed E-state index contributed by atoms with van der Waals surface area (Å²) in [4.78, 5) is 2.52. The fraction of sp³-hybridized carbons (Fsp3) is 0.571. The first-order chi connectivity index (χ1) is 7.41. The van der Waals surface area contributed by atoms with Crippen LogP contribution in [0.25, 0.3) is 0 Å². The van der Waals surface area contributed by atoms with Crippen LogP contribution < -0.4 is 5.46 Å². The second kappa shape index (κ2) is 5.54. The minimum Gasteiger partial charge on any atom is -0.337 e. The van der Waals surface area contributed by atoms with Gasteiger partial charge in [0.15, 0.2) is 0 Å². The van der Waals surface area contributed by atoms with E-state index in [0.717, 1.165) is 7.41 Å². The number of nitrogens with zero attached hydrogens (tertiary/aromatic N) is 1. The lowest BCUT2D eigenvalue weighted by molar-refractivity contribution is 0.315. The van der Waals surface area contributed by atoms with Crippen LogP contribution in [0.3, 0.4) is 0 Å². The summed E-state index contributed by atoms with van der Waals surface area (Å²) in [5, 5.41) is 0. The van der Waals surface area contributed by atoms with E-state index in [1.807, 2.05) is 0 Å². The van der Waals surface area contributed by atoms with Gasteiger partial charge in [0.2, 0.25) is 7.41 Å². The second-order valence-electron chi connectivity index (χ2n) is 5.28. The Morgan fingerprint density at radius 3 is 1.94 bits per heavy atom. The van der Waals surface area contributed by atoms with Crippen LogP contribution in [-0.4, -0.2) is 24.3 Å². The molecule has 0 amide bonds. The van der Waals surface area contributed by atoms with Gasteiger partial charge >= 0.3 is 0 Å². The molecule has 1 aromatic carbocycles. The summed E-state index contributed by atoms with van der Waals surface area (Å²) < 4.78 is 0. The first-order valence-electron chi connectivity index (χ1n) is 6.23. The molecule has 1 nitrogen and oxygen atoms in total. The van der Waals surface area contributed by atoms with E-state index in [0.29, 0.717) is 12.1 Å². The Morgan fingerprint density at radius 1 is 0.938 bits per heavy atom. The Morgan fingerprint density at radius 2 is 1.50 bits per heavy atom. The van der Waals surface area contributed by atoms with Crippen LogP contribution in [0.15, 0.2) is 18.2 Å². The fourth-order valence-electron chi connectivity index (χ4n) is 2.07. The van der Waals surface area contributed by atoms with Crippen molar-refractivity contribution in [3.05, 3.63) is 29.3 Å². The van der Waals surface area contributed by atoms with Crippen molar-refractivity contribution < 1.29 is 0 Å². The Labute approximate surface area is 101 Å². The van der Waals surface area contributed by atoms with Gasteiger partial charge in [0.25, 0.3) is 0 Å². The minimum atomic E-state index is 0.599. The maximum atomic E-state index is 2.52. The zero-order valence-electron chi connectivity index (χ0n) is 11.5. The Hall–Kier alpha value is -0.755. The van der Waals surface area contributed by atoms with Crippen molar-refractivity contribution in [2.24, 2.45) is 0 Å². The second-order valence-corrected chi connectivity index (χ2v) is 5.28. The first kappa shape index (κ1) is 13.3. The number of rotatable bonds is 4. The number of hydrogen-bond acceptors (Lipinski definition) is 1. The van der Waals surface area contributed by atoms with Crippen molar-refractivity contribution in [1.29, 1.82) is 0 Å². The van der Waals surface area contributed by atoms with Gasteiger partial charge in [-0.2, -0.15) is 0 Å². The molecule has 0 saturated carbocycles. The van der Waals surface area contributed by atoms with E-state index in [1.54, 1.807) is 0 Å². The highest BCUT2D eigenvalue weighted by Gasteiger charge is 2.15. The lowest BCUT2D eigenvalue weighted by Gasteiger charge is -2.30. The monoisotopic (exact) mass is 217 g/mol. The molecule has 2 heteroatoms. The molecular weight excluding hydrogens is 193 g/mol. The molecule has 0 aliphatic rings. The van der Waals surface area contributed by atoms with Crippen LogP contribution in [0.5, 0.6) is 0 Å². The lowest BCUT2D eigenvalue weighted by Crippen LogP contribution is -2.45. The van der Waals surface area contributed by atoms with Crippen molar-refractivity contribution in [3.8, 4) is 0 Å². The molecule has 1 aromatic rings. The van der Waals surface area contributed by atoms with E-state index in [1.165, 1.54) is 16.6 Å². The van der Waals surface area contributed by atoms with Gasteiger partial charge in [0.05, 0.1) is 0 Å². The topological polar surface area (TPSA) is 3.24 Å². The van der Waals surface area contributed by atoms with Crippen LogP contribution in [-0.2, 0) is 0 Å². The number of benzene rings is 1. The maximum Gasteiger partial charge on any atom is 0.239 e. The Bertz CT molecular complexity index is 337. The van der Waals surface area contributed by atoms with Crippen LogP contribution in [0.4, 0.5) is 0 Å². The van der Waals surface area contributed by atoms with Crippen molar-refractivity contribution in [2.75, 3.05) is 0 Å². The predicted octanol–water partition coefficient (Wildman–Crippen LogP) is 2.40. The minimum absolute atomic E-state index is 0.599. The fourth-order valence-corrected chi connectivity index (χ4v) is 2.07. The van der Waals surface area contributed by atoms with Gasteiger partial charge in [-0.15, -0.1) is 0 Å². The highest BCUT2D eigenvalue weighted by Crippen LogP contribution is 2.06. The van der Waals surface area contributed by atoms with E-state index in [4.69, 9.17) is 0 Å². The van der Waals surface area contributed by atoms with E-state index in [9.17, 15) is 0 Å². The molecule has 0 heterocycles. The van der Waals surface area contributed by atoms with Crippen LogP contribution >= 0.6 is 0 Å². The molecule has 0 spiro atoms. The average molecular weight is 217 g/mol. The first-order valence-corrected chi connectivity index (χ1v) is 6.23. The predicted molar refractivity (Wildman–Crippen MR) is 74.8 cm³/mol. The highest BCUT2D eigenvalue weighted by molar-refractivity contribution is 6.50. The summed E-state index contributed by atoms with van der Waals surface area (Å²) in [6.07, 6.45) is 0. The summed E-state index contributed by atoms with van der Waals surface area (Å²) in [5.74, 6) is 0. The van der Waals surface area contributed by atoms with Crippen molar-refractivity contribution in [1.82, 2.24) is 4.81 Å². The third-order valence-electron chi connectivity index (χ3n) is 3.26. The largest absolute Gasteiger partial charge is 0.337 e. The van der Waals surface area contributed by atoms with Gasteiger partial charge in [0, 0.05) is 0 Å². The van der Waals surface area contributed by atoms with E-state index >= 15 is 0 Å². The third-order valence-corrected chi connectivity index (χ3v) is 3.26. The average Bonchev–Trinajstić information content (AvgIpc) is 2.18. The van der Waals surface area contributed by atoms with E-state index in [-0.39, 0.29) is 0 Å². The summed E-state index contributed by atoms with van der Waals surface area (Å²) in [7, 11) is 1.05. The van der Waals surface area contributed by atoms with Crippen LogP contribution in [0.1, 0.15) is 38.8 Å². The Kier molecular flexibility index (Phi) is 4.61. The smallest absolute Gasteiger partial charge is 0.239 e. The Balaban J connectivity index is 2.81. The van der Waals surface area contributed by atoms with Crippen LogP contribution in [0.2, 0.25) is 0 Å². The zero-order valence-corrected chi connectivity index (χ0v) is 11.5. The molecular formula is C14H24BN. The quantitative estimate of drug-likeness (QED) is 0.700. The van der Waals surface area contributed by atoms with Gasteiger partial charge in [0.1, 0.15) is 0 Å². The SMILES string of the molecule is Cc1ccc(BN(C(C)C)C(C)C)cc1C. The molecule has 0 aliphatic carbocycles. The maximum absolute atomic E-state index is 2.52. The van der Waals surface area contributed by atoms with Gasteiger partial charge in [-0.1, -0.05) is 51.4 Å². The highest BCUT2D eigenvalue weighted by atomic mass is 15.1. The number of aryl methyl sites for hydroxylation is 2. The molecule has 0 bridgehead atoms. The van der Waals surface area contributed by atoms with Crippen molar-refractivity contribution in [2.45, 2.75) is 53.6 Å². The molecule has 0 N–H and O–H groups in total. The molecule has 0 unspecified atom stereocenters. The molecule has 0 radical (unpaired) electrons. The van der Waals surface area contributed by atoms with Gasteiger partial charge in [-0.25, -0.2) is 0 Å². The molecule has 88 valence electrons. The van der Waals surface area contributed by atoms with Crippen molar-refractivity contribution >= 4 is 12.9 Å². The summed E-state index contributed by atoms with van der Waals surface area (Å²) >= 11 is 0. The number of hydrogen-bond donors (Lipinski definition) is 0. The molecule has 16 heavy (non-hydrogen) atoms. The lowest BCUT2D eigenvalue weighted by atomic mass is 9.77. The molecule has 0 saturated heterocycles. The molecule has 0 aromatic heterocycles. The third kappa shape index (κ3) is 3.38. The van der Waals surface area contributed by atoms with Gasteiger partial charge in [-0.05, 0) is 37.1 Å². The molecule has 0 fully saturated rings. The summed E-state index contributed by atoms with van der Waals surface area (Å²) in [6.45, 7) is 13.4. The van der Waals surface area contributed by atoms with Gasteiger partial charge < -0.3 is 4.81 Å². The summed E-state index contributed by atoms with van der Waals surface area (Å²) in [6, 6.07) is 7.99. The molecule has 0 atom stereocenters. The summed E-state index contributed by atoms with van der Waals surface area (Å²) in [5.41, 5.74) is 4.19. The molecule has 1 rings (SSSR count). The van der Waals surface area contributed by atoms with E-state index < -0.39 is 0 Å². The van der Waals surface area contributed by atoms with E-state index in [2.05, 4.69) is 64.6 Å². The van der Waals surface area contributed by atoms with Crippen molar-refractivity contribution in [3.63, 3.8) is 0 Å².